The third-order valence-corrected chi connectivity index (χ3v) is 5.93. The Hall–Kier alpha value is 0.250. The molecule has 0 saturated heterocycles. The van der Waals surface area contributed by atoms with Gasteiger partial charge in [-0.05, 0) is 34.9 Å². The number of alkyl halides is 1. The number of halogens is 1. The van der Waals surface area contributed by atoms with Gasteiger partial charge in [0.2, 0.25) is 0 Å². The molecule has 0 bridgehead atoms. The van der Waals surface area contributed by atoms with E-state index in [2.05, 4.69) is 49.5 Å². The molecule has 19 heavy (non-hydrogen) atoms. The summed E-state index contributed by atoms with van der Waals surface area (Å²) in [7, 11) is 4.48. The van der Waals surface area contributed by atoms with E-state index in [1.165, 1.54) is 64.2 Å². The van der Waals surface area contributed by atoms with Crippen molar-refractivity contribution in [3.8, 4) is 12.3 Å². The minimum Gasteiger partial charge on any atom is -0.308 e. The Morgan fingerprint density at radius 1 is 0.947 bits per heavy atom. The summed E-state index contributed by atoms with van der Waals surface area (Å²) in [5, 5.41) is 0. The predicted molar refractivity (Wildman–Crippen MR) is 95.5 cm³/mol. The van der Waals surface area contributed by atoms with E-state index in [0.29, 0.717) is 4.05 Å². The maximum absolute atomic E-state index is 5.43. The second-order valence-electron chi connectivity index (χ2n) is 6.19. The highest BCUT2D eigenvalue weighted by Gasteiger charge is 2.23. The van der Waals surface area contributed by atoms with Gasteiger partial charge in [-0.1, -0.05) is 58.3 Å². The number of terminal acetylenes is 1. The van der Waals surface area contributed by atoms with Crippen LogP contribution in [0.1, 0.15) is 71.1 Å². The van der Waals surface area contributed by atoms with Crippen LogP contribution in [-0.4, -0.2) is 29.2 Å². The first-order valence-electron chi connectivity index (χ1n) is 7.94. The molecule has 0 aliphatic carbocycles. The summed E-state index contributed by atoms with van der Waals surface area (Å²) in [5.41, 5.74) is 0. The van der Waals surface area contributed by atoms with Gasteiger partial charge in [0, 0.05) is 6.42 Å². The Bertz CT molecular complexity index is 242. The SMILES string of the molecule is C#CC[N+](C)(C)C(I)CCCCCCCCCCC. The van der Waals surface area contributed by atoms with E-state index in [-0.39, 0.29) is 0 Å². The number of nitrogens with zero attached hydrogens (tertiary/aromatic N) is 1. The van der Waals surface area contributed by atoms with Crippen LogP contribution in [0, 0.1) is 12.3 Å². The third-order valence-electron chi connectivity index (χ3n) is 3.80. The van der Waals surface area contributed by atoms with Gasteiger partial charge >= 0.3 is 0 Å². The van der Waals surface area contributed by atoms with Gasteiger partial charge in [-0.2, -0.15) is 0 Å². The largest absolute Gasteiger partial charge is 0.308 e. The van der Waals surface area contributed by atoms with E-state index < -0.39 is 0 Å². The monoisotopic (exact) mass is 378 g/mol. The highest BCUT2D eigenvalue weighted by atomic mass is 127. The van der Waals surface area contributed by atoms with Crippen LogP contribution in [0.2, 0.25) is 0 Å². The number of hydrogen-bond acceptors (Lipinski definition) is 0. The van der Waals surface area contributed by atoms with Crippen LogP contribution in [0.4, 0.5) is 0 Å². The van der Waals surface area contributed by atoms with Crippen molar-refractivity contribution in [3.05, 3.63) is 0 Å². The van der Waals surface area contributed by atoms with Gasteiger partial charge in [0.1, 0.15) is 10.6 Å². The Kier molecular flexibility index (Phi) is 12.2. The Morgan fingerprint density at radius 2 is 1.42 bits per heavy atom. The molecular formula is C17H33IN+. The lowest BCUT2D eigenvalue weighted by molar-refractivity contribution is -0.889. The van der Waals surface area contributed by atoms with Crippen molar-refractivity contribution in [1.82, 2.24) is 0 Å². The summed E-state index contributed by atoms with van der Waals surface area (Å²) in [5.74, 6) is 2.79. The number of unbranched alkanes of at least 4 members (excludes halogenated alkanes) is 8. The molecule has 0 spiro atoms. The molecule has 2 heteroatoms. The summed E-state index contributed by atoms with van der Waals surface area (Å²) in [6, 6.07) is 0. The molecule has 0 aromatic carbocycles. The minimum atomic E-state index is 0.651. The van der Waals surface area contributed by atoms with E-state index in [1.54, 1.807) is 0 Å². The van der Waals surface area contributed by atoms with Crippen molar-refractivity contribution in [2.45, 2.75) is 75.2 Å². The van der Waals surface area contributed by atoms with Crippen LogP contribution in [0.15, 0.2) is 0 Å². The zero-order valence-corrected chi connectivity index (χ0v) is 15.4. The average Bonchev–Trinajstić information content (AvgIpc) is 2.36. The van der Waals surface area contributed by atoms with Crippen LogP contribution >= 0.6 is 22.6 Å². The molecule has 0 rings (SSSR count). The number of quaternary nitrogens is 1. The van der Waals surface area contributed by atoms with Gasteiger partial charge in [0.25, 0.3) is 0 Å². The van der Waals surface area contributed by atoms with Gasteiger partial charge in [-0.25, -0.2) is 0 Å². The van der Waals surface area contributed by atoms with Crippen LogP contribution < -0.4 is 0 Å². The van der Waals surface area contributed by atoms with Crippen molar-refractivity contribution in [2.75, 3.05) is 20.6 Å². The summed E-state index contributed by atoms with van der Waals surface area (Å²) in [6.45, 7) is 3.12. The van der Waals surface area contributed by atoms with Gasteiger partial charge in [-0.15, -0.1) is 6.42 Å². The highest BCUT2D eigenvalue weighted by molar-refractivity contribution is 14.1. The first-order valence-corrected chi connectivity index (χ1v) is 9.19. The Morgan fingerprint density at radius 3 is 1.89 bits per heavy atom. The molecule has 0 aliphatic heterocycles. The lowest BCUT2D eigenvalue weighted by Crippen LogP contribution is -2.45. The summed E-state index contributed by atoms with van der Waals surface area (Å²) >= 11 is 2.57. The Labute approximate surface area is 135 Å². The molecular weight excluding hydrogens is 345 g/mol. The molecule has 112 valence electrons. The summed E-state index contributed by atoms with van der Waals surface area (Å²) < 4.78 is 1.60. The molecule has 1 unspecified atom stereocenters. The molecule has 0 saturated carbocycles. The fraction of sp³-hybridized carbons (Fsp3) is 0.882. The minimum absolute atomic E-state index is 0.651. The quantitative estimate of drug-likeness (QED) is 0.107. The molecule has 0 aromatic rings. The average molecular weight is 378 g/mol. The van der Waals surface area contributed by atoms with Crippen LogP contribution in [-0.2, 0) is 0 Å². The van der Waals surface area contributed by atoms with Crippen molar-refractivity contribution in [1.29, 1.82) is 0 Å². The van der Waals surface area contributed by atoms with E-state index in [9.17, 15) is 0 Å². The van der Waals surface area contributed by atoms with Crippen molar-refractivity contribution in [2.24, 2.45) is 0 Å². The fourth-order valence-corrected chi connectivity index (χ4v) is 2.94. The lowest BCUT2D eigenvalue weighted by atomic mass is 10.1. The molecule has 0 aromatic heterocycles. The van der Waals surface area contributed by atoms with Crippen LogP contribution in [0.25, 0.3) is 0 Å². The van der Waals surface area contributed by atoms with Crippen molar-refractivity contribution < 1.29 is 4.48 Å². The second kappa shape index (κ2) is 12.0. The van der Waals surface area contributed by atoms with Gasteiger partial charge in [-0.3, -0.25) is 0 Å². The normalized spacial score (nSPS) is 13.2. The molecule has 0 heterocycles. The van der Waals surface area contributed by atoms with E-state index >= 15 is 0 Å². The molecule has 0 N–H and O–H groups in total. The van der Waals surface area contributed by atoms with E-state index in [0.717, 1.165) is 11.0 Å². The third kappa shape index (κ3) is 10.7. The topological polar surface area (TPSA) is 0 Å². The van der Waals surface area contributed by atoms with Crippen molar-refractivity contribution >= 4 is 22.6 Å². The first-order chi connectivity index (χ1) is 9.04. The van der Waals surface area contributed by atoms with Crippen LogP contribution in [0.3, 0.4) is 0 Å². The standard InChI is InChI=1S/C17H33IN/c1-5-7-8-9-10-11-12-13-14-15-17(18)19(3,4)16-6-2/h2,17H,5,7-16H2,1,3-4H3/q+1. The molecule has 0 amide bonds. The number of hydrogen-bond donors (Lipinski definition) is 0. The number of rotatable bonds is 12. The molecule has 0 fully saturated rings. The van der Waals surface area contributed by atoms with Gasteiger partial charge in [0.15, 0.2) is 0 Å². The summed E-state index contributed by atoms with van der Waals surface area (Å²) in [4.78, 5) is 0. The molecule has 1 nitrogen and oxygen atoms in total. The smallest absolute Gasteiger partial charge is 0.141 e. The highest BCUT2D eigenvalue weighted by Crippen LogP contribution is 2.21. The van der Waals surface area contributed by atoms with Crippen LogP contribution in [0.5, 0.6) is 0 Å². The van der Waals surface area contributed by atoms with E-state index in [4.69, 9.17) is 6.42 Å². The fourth-order valence-electron chi connectivity index (χ4n) is 2.31. The Balaban J connectivity index is 3.42. The summed E-state index contributed by atoms with van der Waals surface area (Å²) in [6.07, 6.45) is 19.4. The van der Waals surface area contributed by atoms with E-state index in [1.807, 2.05) is 0 Å². The molecule has 1 atom stereocenters. The zero-order chi connectivity index (χ0) is 14.6. The molecule has 0 aliphatic rings. The first kappa shape index (κ1) is 19.2. The van der Waals surface area contributed by atoms with Gasteiger partial charge in [0.05, 0.1) is 14.1 Å². The maximum atomic E-state index is 5.43. The predicted octanol–water partition coefficient (Wildman–Crippen LogP) is 5.38. The molecule has 0 radical (unpaired) electrons. The zero-order valence-electron chi connectivity index (χ0n) is 13.3. The lowest BCUT2D eigenvalue weighted by Gasteiger charge is -2.33. The van der Waals surface area contributed by atoms with Gasteiger partial charge < -0.3 is 4.48 Å². The van der Waals surface area contributed by atoms with Crippen molar-refractivity contribution in [3.63, 3.8) is 0 Å². The maximum Gasteiger partial charge on any atom is 0.141 e. The second-order valence-corrected chi connectivity index (χ2v) is 7.63.